The molecule has 2 rings (SSSR count). The van der Waals surface area contributed by atoms with E-state index >= 15 is 0 Å². The molecule has 1 aromatic rings. The number of morpholine rings is 1. The van der Waals surface area contributed by atoms with Gasteiger partial charge in [-0.1, -0.05) is 17.7 Å². The Kier molecular flexibility index (Phi) is 5.24. The van der Waals surface area contributed by atoms with Crippen LogP contribution in [-0.2, 0) is 4.74 Å². The molecule has 0 saturated carbocycles. The molecule has 1 aliphatic heterocycles. The first-order valence-electron chi connectivity index (χ1n) is 8.03. The first kappa shape index (κ1) is 17.0. The molecule has 0 bridgehead atoms. The number of benzene rings is 1. The maximum atomic E-state index is 12.3. The lowest BCUT2D eigenvalue weighted by Crippen LogP contribution is -2.58. The molecule has 1 N–H and O–H groups in total. The van der Waals surface area contributed by atoms with Crippen LogP contribution in [0.15, 0.2) is 24.3 Å². The monoisotopic (exact) mass is 304 g/mol. The highest BCUT2D eigenvalue weighted by atomic mass is 16.5. The Morgan fingerprint density at radius 2 is 1.77 bits per heavy atom. The van der Waals surface area contributed by atoms with Crippen LogP contribution in [0.5, 0.6) is 0 Å². The number of rotatable bonds is 4. The fraction of sp³-hybridized carbons (Fsp3) is 0.611. The molecule has 1 fully saturated rings. The Morgan fingerprint density at radius 3 is 2.32 bits per heavy atom. The molecule has 1 amide bonds. The zero-order valence-corrected chi connectivity index (χ0v) is 14.3. The van der Waals surface area contributed by atoms with Crippen LogP contribution in [0.3, 0.4) is 0 Å². The summed E-state index contributed by atoms with van der Waals surface area (Å²) in [5.41, 5.74) is 1.78. The van der Waals surface area contributed by atoms with Crippen LogP contribution >= 0.6 is 0 Å². The van der Waals surface area contributed by atoms with Gasteiger partial charge in [-0.15, -0.1) is 0 Å². The Balaban J connectivity index is 1.94. The quantitative estimate of drug-likeness (QED) is 0.929. The standard InChI is InChI=1S/C18H28N2O2/c1-13-6-8-16(9-7-13)17(21)19-12-18(4,5)20-10-14(2)22-15(3)11-20/h6-9,14-15H,10-12H2,1-5H3,(H,19,21). The van der Waals surface area contributed by atoms with Crippen molar-refractivity contribution in [3.05, 3.63) is 35.4 Å². The molecule has 0 radical (unpaired) electrons. The summed E-state index contributed by atoms with van der Waals surface area (Å²) in [6.07, 6.45) is 0.464. The molecular weight excluding hydrogens is 276 g/mol. The first-order chi connectivity index (χ1) is 10.3. The molecule has 2 atom stereocenters. The average molecular weight is 304 g/mol. The summed E-state index contributed by atoms with van der Waals surface area (Å²) in [6.45, 7) is 13.0. The average Bonchev–Trinajstić information content (AvgIpc) is 2.44. The molecule has 2 unspecified atom stereocenters. The molecule has 22 heavy (non-hydrogen) atoms. The molecule has 122 valence electrons. The zero-order valence-electron chi connectivity index (χ0n) is 14.3. The molecule has 1 saturated heterocycles. The zero-order chi connectivity index (χ0) is 16.3. The van der Waals surface area contributed by atoms with E-state index in [-0.39, 0.29) is 23.7 Å². The van der Waals surface area contributed by atoms with Crippen molar-refractivity contribution in [3.63, 3.8) is 0 Å². The normalized spacial score (nSPS) is 23.3. The van der Waals surface area contributed by atoms with Gasteiger partial charge in [0, 0.05) is 30.7 Å². The van der Waals surface area contributed by atoms with Gasteiger partial charge in [-0.3, -0.25) is 9.69 Å². The second-order valence-corrected chi connectivity index (χ2v) is 7.02. The maximum Gasteiger partial charge on any atom is 0.251 e. The predicted molar refractivity (Wildman–Crippen MR) is 89.2 cm³/mol. The van der Waals surface area contributed by atoms with Crippen LogP contribution in [0.4, 0.5) is 0 Å². The van der Waals surface area contributed by atoms with Gasteiger partial charge in [0.05, 0.1) is 12.2 Å². The molecule has 1 aromatic carbocycles. The third-order valence-electron chi connectivity index (χ3n) is 4.27. The highest BCUT2D eigenvalue weighted by Crippen LogP contribution is 2.20. The van der Waals surface area contributed by atoms with E-state index < -0.39 is 0 Å². The van der Waals surface area contributed by atoms with Gasteiger partial charge in [0.1, 0.15) is 0 Å². The minimum atomic E-state index is -0.0906. The third-order valence-corrected chi connectivity index (χ3v) is 4.27. The summed E-state index contributed by atoms with van der Waals surface area (Å²) in [5.74, 6) is -0.0116. The van der Waals surface area contributed by atoms with Gasteiger partial charge >= 0.3 is 0 Å². The van der Waals surface area contributed by atoms with Crippen molar-refractivity contribution in [1.82, 2.24) is 10.2 Å². The van der Waals surface area contributed by atoms with Gasteiger partial charge in [-0.05, 0) is 46.8 Å². The maximum absolute atomic E-state index is 12.3. The highest BCUT2D eigenvalue weighted by molar-refractivity contribution is 5.94. The summed E-state index contributed by atoms with van der Waals surface area (Å²) in [7, 11) is 0. The SMILES string of the molecule is Cc1ccc(C(=O)NCC(C)(C)N2CC(C)OC(C)C2)cc1. The summed E-state index contributed by atoms with van der Waals surface area (Å²) in [5, 5.41) is 3.06. The van der Waals surface area contributed by atoms with Crippen LogP contribution < -0.4 is 5.32 Å². The van der Waals surface area contributed by atoms with Gasteiger partial charge in [0.15, 0.2) is 0 Å². The second kappa shape index (κ2) is 6.80. The van der Waals surface area contributed by atoms with Crippen molar-refractivity contribution in [2.75, 3.05) is 19.6 Å². The van der Waals surface area contributed by atoms with E-state index in [4.69, 9.17) is 4.74 Å². The highest BCUT2D eigenvalue weighted by Gasteiger charge is 2.33. The van der Waals surface area contributed by atoms with Gasteiger partial charge < -0.3 is 10.1 Å². The number of nitrogens with one attached hydrogen (secondary N) is 1. The van der Waals surface area contributed by atoms with Crippen molar-refractivity contribution in [1.29, 1.82) is 0 Å². The van der Waals surface area contributed by atoms with Crippen LogP contribution in [0.2, 0.25) is 0 Å². The molecule has 4 nitrogen and oxygen atoms in total. The number of carbonyl (C=O) groups excluding carboxylic acids is 1. The Hall–Kier alpha value is -1.39. The van der Waals surface area contributed by atoms with Crippen LogP contribution in [0.1, 0.15) is 43.6 Å². The van der Waals surface area contributed by atoms with Gasteiger partial charge in [0.25, 0.3) is 5.91 Å². The van der Waals surface area contributed by atoms with E-state index in [9.17, 15) is 4.79 Å². The molecular formula is C18H28N2O2. The lowest BCUT2D eigenvalue weighted by Gasteiger charge is -2.45. The fourth-order valence-corrected chi connectivity index (χ4v) is 2.89. The van der Waals surface area contributed by atoms with Crippen molar-refractivity contribution in [3.8, 4) is 0 Å². The van der Waals surface area contributed by atoms with Crippen LogP contribution in [0.25, 0.3) is 0 Å². The smallest absolute Gasteiger partial charge is 0.251 e. The second-order valence-electron chi connectivity index (χ2n) is 7.02. The minimum absolute atomic E-state index is 0.0116. The topological polar surface area (TPSA) is 41.6 Å². The number of hydrogen-bond donors (Lipinski definition) is 1. The van der Waals surface area contributed by atoms with E-state index in [2.05, 4.69) is 37.9 Å². The van der Waals surface area contributed by atoms with E-state index in [1.54, 1.807) is 0 Å². The van der Waals surface area contributed by atoms with Crippen molar-refractivity contribution in [2.24, 2.45) is 0 Å². The van der Waals surface area contributed by atoms with Gasteiger partial charge in [-0.25, -0.2) is 0 Å². The summed E-state index contributed by atoms with van der Waals surface area (Å²) < 4.78 is 5.79. The van der Waals surface area contributed by atoms with E-state index in [1.807, 2.05) is 31.2 Å². The largest absolute Gasteiger partial charge is 0.373 e. The van der Waals surface area contributed by atoms with Crippen LogP contribution in [-0.4, -0.2) is 48.2 Å². The number of aryl methyl sites for hydroxylation is 1. The molecule has 4 heteroatoms. The molecule has 0 spiro atoms. The van der Waals surface area contributed by atoms with Gasteiger partial charge in [0.2, 0.25) is 0 Å². The fourth-order valence-electron chi connectivity index (χ4n) is 2.89. The summed E-state index contributed by atoms with van der Waals surface area (Å²) >= 11 is 0. The summed E-state index contributed by atoms with van der Waals surface area (Å²) in [4.78, 5) is 14.7. The lowest BCUT2D eigenvalue weighted by molar-refractivity contribution is -0.0948. The summed E-state index contributed by atoms with van der Waals surface area (Å²) in [6, 6.07) is 7.67. The molecule has 0 aromatic heterocycles. The van der Waals surface area contributed by atoms with E-state index in [0.717, 1.165) is 18.7 Å². The van der Waals surface area contributed by atoms with Crippen molar-refractivity contribution >= 4 is 5.91 Å². The first-order valence-corrected chi connectivity index (χ1v) is 8.03. The number of amides is 1. The van der Waals surface area contributed by atoms with E-state index in [1.165, 1.54) is 0 Å². The molecule has 1 aliphatic rings. The number of hydrogen-bond acceptors (Lipinski definition) is 3. The predicted octanol–water partition coefficient (Wildman–Crippen LogP) is 2.61. The van der Waals surface area contributed by atoms with E-state index in [0.29, 0.717) is 12.1 Å². The number of carbonyl (C=O) groups is 1. The molecule has 0 aliphatic carbocycles. The Labute approximate surface area is 133 Å². The lowest BCUT2D eigenvalue weighted by atomic mass is 10.00. The minimum Gasteiger partial charge on any atom is -0.373 e. The Bertz CT molecular complexity index is 500. The number of nitrogens with zero attached hydrogens (tertiary/aromatic N) is 1. The third kappa shape index (κ3) is 4.31. The number of ether oxygens (including phenoxy) is 1. The Morgan fingerprint density at radius 1 is 1.23 bits per heavy atom. The van der Waals surface area contributed by atoms with Crippen LogP contribution in [0, 0.1) is 6.92 Å². The molecule has 1 heterocycles. The van der Waals surface area contributed by atoms with Gasteiger partial charge in [-0.2, -0.15) is 0 Å². The van der Waals surface area contributed by atoms with Crippen molar-refractivity contribution in [2.45, 2.75) is 52.4 Å². The van der Waals surface area contributed by atoms with Crippen molar-refractivity contribution < 1.29 is 9.53 Å².